The van der Waals surface area contributed by atoms with Crippen molar-refractivity contribution in [1.82, 2.24) is 4.90 Å². The van der Waals surface area contributed by atoms with Crippen LogP contribution in [-0.2, 0) is 0 Å². The molecule has 150 valence electrons. The minimum Gasteiger partial charge on any atom is -0.384 e. The Hall–Kier alpha value is -2.46. The second kappa shape index (κ2) is 7.75. The van der Waals surface area contributed by atoms with Gasteiger partial charge in [-0.15, -0.1) is 0 Å². The van der Waals surface area contributed by atoms with Crippen molar-refractivity contribution in [2.75, 3.05) is 25.0 Å². The SMILES string of the molecule is O=C1c2ccccc2C(=O)c2c(NCCC3CCCN4CCCCC34)cccc21. The molecular weight excluding hydrogens is 360 g/mol. The van der Waals surface area contributed by atoms with E-state index >= 15 is 0 Å². The van der Waals surface area contributed by atoms with E-state index in [1.165, 1.54) is 45.2 Å². The van der Waals surface area contributed by atoms with Crippen LogP contribution >= 0.6 is 0 Å². The van der Waals surface area contributed by atoms with Crippen LogP contribution < -0.4 is 5.32 Å². The van der Waals surface area contributed by atoms with Crippen molar-refractivity contribution in [3.63, 3.8) is 0 Å². The van der Waals surface area contributed by atoms with Crippen LogP contribution in [0.25, 0.3) is 0 Å². The number of nitrogens with zero attached hydrogens (tertiary/aromatic N) is 1. The van der Waals surface area contributed by atoms with Gasteiger partial charge in [-0.2, -0.15) is 0 Å². The molecule has 0 saturated carbocycles. The molecule has 1 N–H and O–H groups in total. The lowest BCUT2D eigenvalue weighted by atomic mass is 9.81. The van der Waals surface area contributed by atoms with E-state index in [1.54, 1.807) is 18.2 Å². The number of hydrogen-bond donors (Lipinski definition) is 1. The van der Waals surface area contributed by atoms with E-state index in [1.807, 2.05) is 24.3 Å². The molecule has 5 rings (SSSR count). The first kappa shape index (κ1) is 18.6. The standard InChI is InChI=1S/C25H28N2O2/c28-24-18-8-1-2-9-19(18)25(29)23-20(24)10-5-11-21(23)26-14-13-17-7-6-16-27-15-4-3-12-22(17)27/h1-2,5,8-11,17,22,26H,3-4,6-7,12-16H2. The number of carbonyl (C=O) groups excluding carboxylic acids is 2. The summed E-state index contributed by atoms with van der Waals surface area (Å²) in [4.78, 5) is 28.7. The summed E-state index contributed by atoms with van der Waals surface area (Å²) in [6.45, 7) is 3.36. The van der Waals surface area contributed by atoms with Gasteiger partial charge in [0.15, 0.2) is 11.6 Å². The molecule has 4 heteroatoms. The highest BCUT2D eigenvalue weighted by molar-refractivity contribution is 6.30. The fourth-order valence-corrected chi connectivity index (χ4v) is 5.60. The van der Waals surface area contributed by atoms with Gasteiger partial charge in [0, 0.05) is 35.0 Å². The van der Waals surface area contributed by atoms with Crippen LogP contribution in [0.2, 0.25) is 0 Å². The summed E-state index contributed by atoms with van der Waals surface area (Å²) in [6, 6.07) is 13.5. The second-order valence-corrected chi connectivity index (χ2v) is 8.65. The number of rotatable bonds is 4. The minimum atomic E-state index is -0.0519. The van der Waals surface area contributed by atoms with Gasteiger partial charge in [-0.05, 0) is 57.2 Å². The molecule has 0 amide bonds. The Labute approximate surface area is 172 Å². The Morgan fingerprint density at radius 1 is 0.828 bits per heavy atom. The summed E-state index contributed by atoms with van der Waals surface area (Å²) >= 11 is 0. The van der Waals surface area contributed by atoms with Crippen LogP contribution in [-0.4, -0.2) is 42.1 Å². The zero-order chi connectivity index (χ0) is 19.8. The first-order valence-electron chi connectivity index (χ1n) is 11.0. The van der Waals surface area contributed by atoms with Crippen LogP contribution in [0.3, 0.4) is 0 Å². The van der Waals surface area contributed by atoms with Crippen molar-refractivity contribution < 1.29 is 9.59 Å². The number of fused-ring (bicyclic) bond motifs is 3. The van der Waals surface area contributed by atoms with Crippen molar-refractivity contribution in [2.24, 2.45) is 5.92 Å². The monoisotopic (exact) mass is 388 g/mol. The van der Waals surface area contributed by atoms with Crippen LogP contribution in [0.15, 0.2) is 42.5 Å². The van der Waals surface area contributed by atoms with Crippen molar-refractivity contribution in [2.45, 2.75) is 44.6 Å². The number of carbonyl (C=O) groups is 2. The molecule has 2 heterocycles. The maximum atomic E-state index is 13.1. The molecule has 2 fully saturated rings. The summed E-state index contributed by atoms with van der Waals surface area (Å²) in [6.07, 6.45) is 7.74. The third-order valence-electron chi connectivity index (χ3n) is 7.01. The molecule has 0 aromatic heterocycles. The highest BCUT2D eigenvalue weighted by Gasteiger charge is 2.33. The van der Waals surface area contributed by atoms with E-state index in [0.29, 0.717) is 22.3 Å². The Kier molecular flexibility index (Phi) is 4.96. The summed E-state index contributed by atoms with van der Waals surface area (Å²) in [5.41, 5.74) is 2.90. The molecule has 2 aromatic carbocycles. The van der Waals surface area contributed by atoms with E-state index in [4.69, 9.17) is 0 Å². The highest BCUT2D eigenvalue weighted by Crippen LogP contribution is 2.34. The predicted octanol–water partition coefficient (Wildman–Crippen LogP) is 4.53. The zero-order valence-electron chi connectivity index (χ0n) is 16.8. The smallest absolute Gasteiger partial charge is 0.196 e. The van der Waals surface area contributed by atoms with Crippen LogP contribution in [0.1, 0.15) is 70.4 Å². The van der Waals surface area contributed by atoms with Gasteiger partial charge in [0.2, 0.25) is 0 Å². The lowest BCUT2D eigenvalue weighted by Crippen LogP contribution is -2.48. The number of ketones is 2. The average Bonchev–Trinajstić information content (AvgIpc) is 2.77. The van der Waals surface area contributed by atoms with Crippen LogP contribution in [0.4, 0.5) is 5.69 Å². The molecule has 2 saturated heterocycles. The summed E-state index contributed by atoms with van der Waals surface area (Å²) < 4.78 is 0. The van der Waals surface area contributed by atoms with Crippen LogP contribution in [0, 0.1) is 5.92 Å². The molecule has 2 atom stereocenters. The van der Waals surface area contributed by atoms with Gasteiger partial charge in [-0.3, -0.25) is 9.59 Å². The zero-order valence-corrected chi connectivity index (χ0v) is 16.8. The Morgan fingerprint density at radius 3 is 2.45 bits per heavy atom. The molecular formula is C25H28N2O2. The van der Waals surface area contributed by atoms with Crippen molar-refractivity contribution in [3.05, 3.63) is 64.7 Å². The van der Waals surface area contributed by atoms with Gasteiger partial charge >= 0.3 is 0 Å². The lowest BCUT2D eigenvalue weighted by Gasteiger charge is -2.44. The van der Waals surface area contributed by atoms with Crippen molar-refractivity contribution in [1.29, 1.82) is 0 Å². The summed E-state index contributed by atoms with van der Waals surface area (Å²) in [5.74, 6) is 0.632. The summed E-state index contributed by atoms with van der Waals surface area (Å²) in [5, 5.41) is 3.51. The van der Waals surface area contributed by atoms with Gasteiger partial charge in [0.25, 0.3) is 0 Å². The van der Waals surface area contributed by atoms with Gasteiger partial charge in [0.05, 0.1) is 5.56 Å². The molecule has 3 aliphatic rings. The number of anilines is 1. The molecule has 2 aromatic rings. The third kappa shape index (κ3) is 3.29. The fourth-order valence-electron chi connectivity index (χ4n) is 5.60. The molecule has 2 unspecified atom stereocenters. The van der Waals surface area contributed by atoms with Gasteiger partial charge in [-0.25, -0.2) is 0 Å². The van der Waals surface area contributed by atoms with Crippen molar-refractivity contribution in [3.8, 4) is 0 Å². The highest BCUT2D eigenvalue weighted by atomic mass is 16.1. The van der Waals surface area contributed by atoms with Gasteiger partial charge < -0.3 is 10.2 Å². The fraction of sp³-hybridized carbons (Fsp3) is 0.440. The molecule has 4 nitrogen and oxygen atoms in total. The maximum absolute atomic E-state index is 13.1. The van der Waals surface area contributed by atoms with Crippen molar-refractivity contribution >= 4 is 17.3 Å². The van der Waals surface area contributed by atoms with Gasteiger partial charge in [0.1, 0.15) is 0 Å². The Morgan fingerprint density at radius 2 is 1.59 bits per heavy atom. The minimum absolute atomic E-state index is 0.0468. The van der Waals surface area contributed by atoms with Crippen LogP contribution in [0.5, 0.6) is 0 Å². The molecule has 2 aliphatic heterocycles. The largest absolute Gasteiger partial charge is 0.384 e. The Bertz CT molecular complexity index is 950. The maximum Gasteiger partial charge on any atom is 0.196 e. The number of hydrogen-bond acceptors (Lipinski definition) is 4. The topological polar surface area (TPSA) is 49.4 Å². The average molecular weight is 389 g/mol. The first-order valence-corrected chi connectivity index (χ1v) is 11.0. The van der Waals surface area contributed by atoms with E-state index in [0.717, 1.165) is 30.6 Å². The van der Waals surface area contributed by atoms with E-state index < -0.39 is 0 Å². The predicted molar refractivity (Wildman–Crippen MR) is 115 cm³/mol. The summed E-state index contributed by atoms with van der Waals surface area (Å²) in [7, 11) is 0. The molecule has 0 spiro atoms. The van der Waals surface area contributed by atoms with E-state index in [2.05, 4.69) is 10.2 Å². The molecule has 0 bridgehead atoms. The number of benzene rings is 2. The molecule has 29 heavy (non-hydrogen) atoms. The second-order valence-electron chi connectivity index (χ2n) is 8.65. The normalized spacial score (nSPS) is 23.9. The van der Waals surface area contributed by atoms with E-state index in [9.17, 15) is 9.59 Å². The Balaban J connectivity index is 1.33. The first-order chi connectivity index (χ1) is 14.2. The molecule has 1 aliphatic carbocycles. The number of nitrogens with one attached hydrogen (secondary N) is 1. The van der Waals surface area contributed by atoms with E-state index in [-0.39, 0.29) is 11.6 Å². The lowest BCUT2D eigenvalue weighted by molar-refractivity contribution is 0.0573. The third-order valence-corrected chi connectivity index (χ3v) is 7.01. The van der Waals surface area contributed by atoms with Gasteiger partial charge in [-0.1, -0.05) is 42.8 Å². The quantitative estimate of drug-likeness (QED) is 0.713. The number of piperidine rings is 2. The molecule has 0 radical (unpaired) electrons.